The summed E-state index contributed by atoms with van der Waals surface area (Å²) < 4.78 is 10.3. The van der Waals surface area contributed by atoms with Crippen molar-refractivity contribution in [1.82, 2.24) is 5.32 Å². The van der Waals surface area contributed by atoms with Crippen molar-refractivity contribution in [2.45, 2.75) is 32.1 Å². The van der Waals surface area contributed by atoms with Gasteiger partial charge in [-0.05, 0) is 24.0 Å². The van der Waals surface area contributed by atoms with Gasteiger partial charge in [0.25, 0.3) is 0 Å². The second kappa shape index (κ2) is 10.9. The molecule has 2 rings (SSSR count). The number of nitrogens with two attached hydrogens (primary N) is 1. The molecule has 0 fully saturated rings. The van der Waals surface area contributed by atoms with Gasteiger partial charge in [-0.2, -0.15) is 0 Å². The van der Waals surface area contributed by atoms with Crippen LogP contribution >= 0.6 is 0 Å². The van der Waals surface area contributed by atoms with E-state index in [0.717, 1.165) is 11.1 Å². The van der Waals surface area contributed by atoms with Crippen molar-refractivity contribution < 1.29 is 19.1 Å². The Morgan fingerprint density at radius 1 is 0.885 bits per heavy atom. The van der Waals surface area contributed by atoms with Gasteiger partial charge in [0.05, 0.1) is 0 Å². The molecule has 0 bridgehead atoms. The zero-order chi connectivity index (χ0) is 18.6. The largest absolute Gasteiger partial charge is 0.460 e. The van der Waals surface area contributed by atoms with E-state index in [9.17, 15) is 9.59 Å². The number of carbonyl (C=O) groups is 2. The number of hydrogen-bond acceptors (Lipinski definition) is 5. The van der Waals surface area contributed by atoms with Crippen LogP contribution in [0.5, 0.6) is 0 Å². The SMILES string of the molecule is N[C@H](CCCNC(=O)OCc1ccccc1)C(=O)OCc1ccccc1. The van der Waals surface area contributed by atoms with Crippen LogP contribution < -0.4 is 11.1 Å². The van der Waals surface area contributed by atoms with Crippen LogP contribution in [0.4, 0.5) is 4.79 Å². The second-order valence-corrected chi connectivity index (χ2v) is 5.83. The Kier molecular flexibility index (Phi) is 8.15. The predicted molar refractivity (Wildman–Crippen MR) is 98.1 cm³/mol. The molecule has 0 spiro atoms. The average molecular weight is 356 g/mol. The van der Waals surface area contributed by atoms with E-state index >= 15 is 0 Å². The molecule has 0 aliphatic rings. The highest BCUT2D eigenvalue weighted by molar-refractivity contribution is 5.75. The fourth-order valence-electron chi connectivity index (χ4n) is 2.24. The Balaban J connectivity index is 1.55. The Bertz CT molecular complexity index is 677. The van der Waals surface area contributed by atoms with E-state index in [4.69, 9.17) is 15.2 Å². The summed E-state index contributed by atoms with van der Waals surface area (Å²) in [5.41, 5.74) is 7.65. The van der Waals surface area contributed by atoms with Crippen LogP contribution in [-0.2, 0) is 27.5 Å². The monoisotopic (exact) mass is 356 g/mol. The van der Waals surface area contributed by atoms with Crippen molar-refractivity contribution in [1.29, 1.82) is 0 Å². The minimum Gasteiger partial charge on any atom is -0.460 e. The predicted octanol–water partition coefficient (Wildman–Crippen LogP) is 2.76. The van der Waals surface area contributed by atoms with Gasteiger partial charge in [-0.15, -0.1) is 0 Å². The summed E-state index contributed by atoms with van der Waals surface area (Å²) in [4.78, 5) is 23.4. The summed E-state index contributed by atoms with van der Waals surface area (Å²) in [6.07, 6.45) is 0.489. The van der Waals surface area contributed by atoms with Crippen LogP contribution in [0.25, 0.3) is 0 Å². The third-order valence-corrected chi connectivity index (χ3v) is 3.70. The Morgan fingerprint density at radius 2 is 1.42 bits per heavy atom. The number of esters is 1. The molecule has 0 aliphatic heterocycles. The maximum absolute atomic E-state index is 11.8. The molecular formula is C20H24N2O4. The molecule has 2 aromatic carbocycles. The normalized spacial score (nSPS) is 11.4. The Morgan fingerprint density at radius 3 is 2.00 bits per heavy atom. The summed E-state index contributed by atoms with van der Waals surface area (Å²) in [5, 5.41) is 2.64. The van der Waals surface area contributed by atoms with Gasteiger partial charge in [-0.25, -0.2) is 4.79 Å². The first kappa shape index (κ1) is 19.5. The minimum atomic E-state index is -0.708. The first-order chi connectivity index (χ1) is 12.6. The molecule has 0 aliphatic carbocycles. The molecule has 0 saturated carbocycles. The molecule has 0 heterocycles. The van der Waals surface area contributed by atoms with Crippen LogP contribution in [0.2, 0.25) is 0 Å². The van der Waals surface area contributed by atoms with E-state index in [1.165, 1.54) is 0 Å². The first-order valence-electron chi connectivity index (χ1n) is 8.56. The summed E-state index contributed by atoms with van der Waals surface area (Å²) in [6.45, 7) is 0.808. The highest BCUT2D eigenvalue weighted by atomic mass is 16.5. The molecule has 6 nitrogen and oxygen atoms in total. The number of ether oxygens (including phenoxy) is 2. The van der Waals surface area contributed by atoms with Gasteiger partial charge in [0, 0.05) is 6.54 Å². The smallest absolute Gasteiger partial charge is 0.407 e. The number of amides is 1. The first-order valence-corrected chi connectivity index (χ1v) is 8.56. The van der Waals surface area contributed by atoms with Crippen LogP contribution in [-0.4, -0.2) is 24.6 Å². The van der Waals surface area contributed by atoms with Crippen molar-refractivity contribution in [3.63, 3.8) is 0 Å². The molecule has 1 atom stereocenters. The molecule has 6 heteroatoms. The molecule has 0 radical (unpaired) electrons. The van der Waals surface area contributed by atoms with Crippen LogP contribution in [0.3, 0.4) is 0 Å². The standard InChI is InChI=1S/C20H24N2O4/c21-18(19(23)25-14-16-8-3-1-4-9-16)12-7-13-22-20(24)26-15-17-10-5-2-6-11-17/h1-6,8-11,18H,7,12-15,21H2,(H,22,24)/t18-/m1/s1. The number of carbonyl (C=O) groups excluding carboxylic acids is 2. The van der Waals surface area contributed by atoms with Crippen LogP contribution in [0.1, 0.15) is 24.0 Å². The van der Waals surface area contributed by atoms with Gasteiger partial charge in [0.15, 0.2) is 0 Å². The summed E-state index contributed by atoms with van der Waals surface area (Å²) >= 11 is 0. The zero-order valence-electron chi connectivity index (χ0n) is 14.6. The van der Waals surface area contributed by atoms with Gasteiger partial charge in [-0.1, -0.05) is 60.7 Å². The topological polar surface area (TPSA) is 90.6 Å². The molecule has 2 aromatic rings. The van der Waals surface area contributed by atoms with E-state index in [1.54, 1.807) is 0 Å². The van der Waals surface area contributed by atoms with Crippen molar-refractivity contribution >= 4 is 12.1 Å². The number of rotatable bonds is 9. The Hall–Kier alpha value is -2.86. The summed E-state index contributed by atoms with van der Waals surface area (Å²) in [5.74, 6) is -0.444. The van der Waals surface area contributed by atoms with Gasteiger partial charge < -0.3 is 20.5 Å². The van der Waals surface area contributed by atoms with E-state index in [-0.39, 0.29) is 13.2 Å². The van der Waals surface area contributed by atoms with Gasteiger partial charge in [0.1, 0.15) is 19.3 Å². The number of benzene rings is 2. The zero-order valence-corrected chi connectivity index (χ0v) is 14.6. The molecule has 3 N–H and O–H groups in total. The van der Waals surface area contributed by atoms with E-state index in [1.807, 2.05) is 60.7 Å². The number of alkyl carbamates (subject to hydrolysis) is 1. The highest BCUT2D eigenvalue weighted by Gasteiger charge is 2.15. The highest BCUT2D eigenvalue weighted by Crippen LogP contribution is 2.04. The minimum absolute atomic E-state index is 0.206. The molecule has 0 saturated heterocycles. The lowest BCUT2D eigenvalue weighted by Gasteiger charge is -2.12. The lowest BCUT2D eigenvalue weighted by Crippen LogP contribution is -2.33. The third-order valence-electron chi connectivity index (χ3n) is 3.70. The van der Waals surface area contributed by atoms with E-state index in [0.29, 0.717) is 19.4 Å². The molecule has 0 aromatic heterocycles. The molecule has 1 amide bonds. The number of hydrogen-bond donors (Lipinski definition) is 2. The van der Waals surface area contributed by atoms with Crippen molar-refractivity contribution in [3.8, 4) is 0 Å². The van der Waals surface area contributed by atoms with Crippen molar-refractivity contribution in [2.75, 3.05) is 6.54 Å². The van der Waals surface area contributed by atoms with Crippen LogP contribution in [0.15, 0.2) is 60.7 Å². The van der Waals surface area contributed by atoms with Gasteiger partial charge in [-0.3, -0.25) is 4.79 Å². The third kappa shape index (κ3) is 7.36. The maximum Gasteiger partial charge on any atom is 0.407 e. The Labute approximate surface area is 153 Å². The van der Waals surface area contributed by atoms with Crippen molar-refractivity contribution in [2.24, 2.45) is 5.73 Å². The maximum atomic E-state index is 11.8. The lowest BCUT2D eigenvalue weighted by atomic mass is 10.1. The van der Waals surface area contributed by atoms with Crippen LogP contribution in [0, 0.1) is 0 Å². The van der Waals surface area contributed by atoms with E-state index < -0.39 is 18.1 Å². The number of nitrogens with one attached hydrogen (secondary N) is 1. The molecular weight excluding hydrogens is 332 g/mol. The molecule has 26 heavy (non-hydrogen) atoms. The average Bonchev–Trinajstić information content (AvgIpc) is 2.69. The van der Waals surface area contributed by atoms with E-state index in [2.05, 4.69) is 5.32 Å². The summed E-state index contributed by atoms with van der Waals surface area (Å²) in [6, 6.07) is 18.1. The lowest BCUT2D eigenvalue weighted by molar-refractivity contribution is -0.146. The second-order valence-electron chi connectivity index (χ2n) is 5.83. The fourth-order valence-corrected chi connectivity index (χ4v) is 2.24. The fraction of sp³-hybridized carbons (Fsp3) is 0.300. The van der Waals surface area contributed by atoms with Gasteiger partial charge in [0.2, 0.25) is 0 Å². The molecule has 0 unspecified atom stereocenters. The molecule has 138 valence electrons. The van der Waals surface area contributed by atoms with Crippen molar-refractivity contribution in [3.05, 3.63) is 71.8 Å². The quantitative estimate of drug-likeness (QED) is 0.532. The summed E-state index contributed by atoms with van der Waals surface area (Å²) in [7, 11) is 0. The van der Waals surface area contributed by atoms with Gasteiger partial charge >= 0.3 is 12.1 Å².